The van der Waals surface area contributed by atoms with Gasteiger partial charge in [0.05, 0.1) is 12.6 Å². The molecular formula is C21H32F3NO2SSi. The standard InChI is InChI=1S/C21H32F3NO2SSi/c1-19(2,3)29(5,6)26-13-18(20(4,28)15-7-8-15)25-14-21(23,24)27-17-11-9-16(22)10-12-17/h9-12,14-15,18,28H,7-8,13H2,1-6H3/t18?,20-/m1/s1. The lowest BCUT2D eigenvalue weighted by Crippen LogP contribution is -2.46. The molecule has 2 atom stereocenters. The first kappa shape index (κ1) is 24.3. The Morgan fingerprint density at radius 3 is 2.21 bits per heavy atom. The first-order chi connectivity index (χ1) is 13.1. The molecule has 0 radical (unpaired) electrons. The van der Waals surface area contributed by atoms with Gasteiger partial charge in [-0.2, -0.15) is 21.4 Å². The highest BCUT2D eigenvalue weighted by Gasteiger charge is 2.46. The van der Waals surface area contributed by atoms with Gasteiger partial charge in [0.15, 0.2) is 8.32 Å². The molecule has 0 amide bonds. The Morgan fingerprint density at radius 2 is 1.72 bits per heavy atom. The van der Waals surface area contributed by atoms with E-state index in [2.05, 4.69) is 43.6 Å². The number of alkyl halides is 2. The number of benzene rings is 1. The minimum atomic E-state index is -3.62. The average Bonchev–Trinajstić information content (AvgIpc) is 3.40. The summed E-state index contributed by atoms with van der Waals surface area (Å²) < 4.78 is 52.0. The van der Waals surface area contributed by atoms with E-state index in [0.717, 1.165) is 37.1 Å². The SMILES string of the molecule is CC(C)(C)[Si](C)(C)OCC(N=CC(F)(F)Oc1ccc(F)cc1)[C@](C)(S)C1CC1. The number of rotatable bonds is 9. The van der Waals surface area contributed by atoms with Crippen molar-refractivity contribution in [2.24, 2.45) is 10.9 Å². The van der Waals surface area contributed by atoms with Crippen LogP contribution in [0.5, 0.6) is 5.75 Å². The van der Waals surface area contributed by atoms with Gasteiger partial charge in [0.25, 0.3) is 0 Å². The molecule has 1 unspecified atom stereocenters. The molecule has 1 aromatic rings. The Bertz CT molecular complexity index is 714. The molecule has 8 heteroatoms. The molecule has 1 aliphatic carbocycles. The minimum absolute atomic E-state index is 0.00345. The zero-order chi connectivity index (χ0) is 22.1. The van der Waals surface area contributed by atoms with Crippen LogP contribution in [0.3, 0.4) is 0 Å². The fourth-order valence-corrected chi connectivity index (χ4v) is 4.08. The van der Waals surface area contributed by atoms with Gasteiger partial charge in [-0.1, -0.05) is 20.8 Å². The highest BCUT2D eigenvalue weighted by Crippen LogP contribution is 2.47. The number of ether oxygens (including phenoxy) is 1. The number of hydrogen-bond donors (Lipinski definition) is 1. The number of halogens is 3. The van der Waals surface area contributed by atoms with Crippen molar-refractivity contribution in [1.29, 1.82) is 0 Å². The summed E-state index contributed by atoms with van der Waals surface area (Å²) in [5, 5.41) is 0.00345. The predicted molar refractivity (Wildman–Crippen MR) is 118 cm³/mol. The van der Waals surface area contributed by atoms with Gasteiger partial charge in [-0.05, 0) is 68.1 Å². The quantitative estimate of drug-likeness (QED) is 0.271. The van der Waals surface area contributed by atoms with Gasteiger partial charge < -0.3 is 9.16 Å². The average molecular weight is 448 g/mol. The van der Waals surface area contributed by atoms with Crippen LogP contribution in [0.4, 0.5) is 13.2 Å². The normalized spacial score (nSPS) is 19.2. The van der Waals surface area contributed by atoms with Gasteiger partial charge in [-0.3, -0.25) is 4.99 Å². The van der Waals surface area contributed by atoms with Crippen LogP contribution >= 0.6 is 12.6 Å². The van der Waals surface area contributed by atoms with Gasteiger partial charge in [-0.15, -0.1) is 0 Å². The summed E-state index contributed by atoms with van der Waals surface area (Å²) in [5.41, 5.74) is 0. The second kappa shape index (κ2) is 8.63. The maximum atomic E-state index is 14.3. The number of aliphatic imine (C=N–C) groups is 1. The lowest BCUT2D eigenvalue weighted by molar-refractivity contribution is -0.107. The Hall–Kier alpha value is -0.993. The summed E-state index contributed by atoms with van der Waals surface area (Å²) in [4.78, 5) is 4.17. The van der Waals surface area contributed by atoms with Crippen LogP contribution in [-0.4, -0.2) is 38.0 Å². The third-order valence-electron chi connectivity index (χ3n) is 5.96. The molecule has 0 bridgehead atoms. The summed E-state index contributed by atoms with van der Waals surface area (Å²) in [7, 11) is -2.06. The van der Waals surface area contributed by atoms with Crippen molar-refractivity contribution in [2.45, 2.75) is 75.6 Å². The molecule has 1 aromatic carbocycles. The topological polar surface area (TPSA) is 30.8 Å². The predicted octanol–water partition coefficient (Wildman–Crippen LogP) is 6.36. The first-order valence-electron chi connectivity index (χ1n) is 9.87. The zero-order valence-corrected chi connectivity index (χ0v) is 19.9. The molecular weight excluding hydrogens is 415 g/mol. The zero-order valence-electron chi connectivity index (χ0n) is 18.0. The molecule has 0 aromatic heterocycles. The molecule has 0 saturated heterocycles. The van der Waals surface area contributed by atoms with E-state index in [1.54, 1.807) is 0 Å². The van der Waals surface area contributed by atoms with Gasteiger partial charge in [0.2, 0.25) is 0 Å². The Morgan fingerprint density at radius 1 is 1.17 bits per heavy atom. The van der Waals surface area contributed by atoms with Crippen molar-refractivity contribution in [1.82, 2.24) is 0 Å². The highest BCUT2D eigenvalue weighted by atomic mass is 32.1. The largest absolute Gasteiger partial charge is 0.436 e. The first-order valence-corrected chi connectivity index (χ1v) is 13.2. The molecule has 1 saturated carbocycles. The van der Waals surface area contributed by atoms with Crippen LogP contribution in [0.25, 0.3) is 0 Å². The van der Waals surface area contributed by atoms with E-state index in [1.807, 2.05) is 6.92 Å². The fourth-order valence-electron chi connectivity index (χ4n) is 2.67. The van der Waals surface area contributed by atoms with Gasteiger partial charge in [-0.25, -0.2) is 4.39 Å². The van der Waals surface area contributed by atoms with Crippen molar-refractivity contribution in [2.75, 3.05) is 6.61 Å². The third kappa shape index (κ3) is 6.75. The maximum absolute atomic E-state index is 14.3. The van der Waals surface area contributed by atoms with Crippen LogP contribution in [0.2, 0.25) is 18.1 Å². The van der Waals surface area contributed by atoms with E-state index < -0.39 is 31.0 Å². The number of hydrogen-bond acceptors (Lipinski definition) is 4. The summed E-state index contributed by atoms with van der Waals surface area (Å²) >= 11 is 4.78. The van der Waals surface area contributed by atoms with Gasteiger partial charge in [0.1, 0.15) is 17.8 Å². The molecule has 0 spiro atoms. The van der Waals surface area contributed by atoms with Gasteiger partial charge >= 0.3 is 6.11 Å². The Labute approximate surface area is 178 Å². The maximum Gasteiger partial charge on any atom is 0.436 e. The fraction of sp³-hybridized carbons (Fsp3) is 0.667. The molecule has 29 heavy (non-hydrogen) atoms. The highest BCUT2D eigenvalue weighted by molar-refractivity contribution is 7.81. The number of nitrogens with zero attached hydrogens (tertiary/aromatic N) is 1. The molecule has 0 heterocycles. The second-order valence-electron chi connectivity index (χ2n) is 9.48. The number of thiol groups is 1. The van der Waals surface area contributed by atoms with E-state index in [-0.39, 0.29) is 17.4 Å². The summed E-state index contributed by atoms with van der Waals surface area (Å²) in [6.07, 6.45) is -1.09. The van der Waals surface area contributed by atoms with Crippen LogP contribution in [0.15, 0.2) is 29.3 Å². The van der Waals surface area contributed by atoms with E-state index in [1.165, 1.54) is 0 Å². The molecule has 3 nitrogen and oxygen atoms in total. The summed E-state index contributed by atoms with van der Waals surface area (Å²) in [6, 6.07) is 3.91. The lowest BCUT2D eigenvalue weighted by Gasteiger charge is -2.39. The van der Waals surface area contributed by atoms with E-state index >= 15 is 0 Å². The molecule has 1 aliphatic rings. The minimum Gasteiger partial charge on any atom is -0.428 e. The third-order valence-corrected chi connectivity index (χ3v) is 11.1. The van der Waals surface area contributed by atoms with Crippen molar-refractivity contribution in [3.8, 4) is 5.75 Å². The van der Waals surface area contributed by atoms with Gasteiger partial charge in [0, 0.05) is 4.75 Å². The second-order valence-corrected chi connectivity index (χ2v) is 15.3. The van der Waals surface area contributed by atoms with Crippen molar-refractivity contribution in [3.05, 3.63) is 30.1 Å². The Balaban J connectivity index is 2.14. The van der Waals surface area contributed by atoms with Crippen molar-refractivity contribution < 1.29 is 22.3 Å². The molecule has 0 N–H and O–H groups in total. The van der Waals surface area contributed by atoms with Crippen LogP contribution in [0, 0.1) is 11.7 Å². The smallest absolute Gasteiger partial charge is 0.428 e. The van der Waals surface area contributed by atoms with Crippen molar-refractivity contribution in [3.63, 3.8) is 0 Å². The van der Waals surface area contributed by atoms with Crippen LogP contribution in [-0.2, 0) is 4.43 Å². The van der Waals surface area contributed by atoms with Crippen LogP contribution in [0.1, 0.15) is 40.5 Å². The summed E-state index contributed by atoms with van der Waals surface area (Å²) in [6.45, 7) is 12.8. The Kier molecular flexibility index (Phi) is 7.22. The molecule has 0 aliphatic heterocycles. The summed E-state index contributed by atoms with van der Waals surface area (Å²) in [5.74, 6) is -0.331. The van der Waals surface area contributed by atoms with E-state index in [9.17, 15) is 13.2 Å². The van der Waals surface area contributed by atoms with Crippen molar-refractivity contribution >= 4 is 27.2 Å². The molecule has 2 rings (SSSR count). The van der Waals surface area contributed by atoms with Crippen LogP contribution < -0.4 is 4.74 Å². The van der Waals surface area contributed by atoms with E-state index in [0.29, 0.717) is 12.1 Å². The lowest BCUT2D eigenvalue weighted by atomic mass is 9.96. The monoisotopic (exact) mass is 447 g/mol. The van der Waals surface area contributed by atoms with E-state index in [4.69, 9.17) is 17.1 Å². The molecule has 1 fully saturated rings. The molecule has 164 valence electrons.